The molecule has 0 aromatic heterocycles. The van der Waals surface area contributed by atoms with E-state index in [0.29, 0.717) is 0 Å². The Hall–Kier alpha value is -1.60. The molecule has 2 rings (SSSR count). The minimum absolute atomic E-state index is 0.899. The number of hydrogen-bond donors (Lipinski definition) is 0. The van der Waals surface area contributed by atoms with Crippen LogP contribution >= 0.6 is 0 Å². The smallest absolute Gasteiger partial charge is 0.140 e. The van der Waals surface area contributed by atoms with E-state index in [9.17, 15) is 0 Å². The first-order valence-corrected chi connectivity index (χ1v) is 3.36. The van der Waals surface area contributed by atoms with Crippen LogP contribution in [-0.4, -0.2) is 17.1 Å². The number of hydrogen-bond acceptors (Lipinski definition) is 3. The Morgan fingerprint density at radius 3 is 3.36 bits per heavy atom. The molecular formula is C8H7N3. The van der Waals surface area contributed by atoms with E-state index < -0.39 is 0 Å². The van der Waals surface area contributed by atoms with E-state index in [-0.39, 0.29) is 0 Å². The van der Waals surface area contributed by atoms with Gasteiger partial charge in [0.05, 0.1) is 12.4 Å². The topological polar surface area (TPSA) is 28.0 Å². The third-order valence-electron chi connectivity index (χ3n) is 1.47. The van der Waals surface area contributed by atoms with Crippen molar-refractivity contribution in [2.24, 2.45) is 9.98 Å². The third-order valence-corrected chi connectivity index (χ3v) is 1.47. The van der Waals surface area contributed by atoms with Crippen LogP contribution < -0.4 is 0 Å². The molecule has 3 heteroatoms. The van der Waals surface area contributed by atoms with E-state index in [1.807, 2.05) is 17.9 Å². The summed E-state index contributed by atoms with van der Waals surface area (Å²) in [7, 11) is 0. The van der Waals surface area contributed by atoms with Crippen molar-refractivity contribution in [2.45, 2.75) is 6.92 Å². The Labute approximate surface area is 64.8 Å². The predicted molar refractivity (Wildman–Crippen MR) is 44.2 cm³/mol. The predicted octanol–water partition coefficient (Wildman–Crippen LogP) is 1.27. The Morgan fingerprint density at radius 2 is 2.45 bits per heavy atom. The van der Waals surface area contributed by atoms with Crippen LogP contribution in [0.2, 0.25) is 0 Å². The molecule has 0 aliphatic carbocycles. The fourth-order valence-corrected chi connectivity index (χ4v) is 0.932. The Kier molecular flexibility index (Phi) is 1.24. The maximum absolute atomic E-state index is 4.11. The van der Waals surface area contributed by atoms with Gasteiger partial charge in [-0.2, -0.15) is 0 Å². The summed E-state index contributed by atoms with van der Waals surface area (Å²) in [6, 6.07) is 0. The molecule has 0 fully saturated rings. The largest absolute Gasteiger partial charge is 0.285 e. The van der Waals surface area contributed by atoms with Gasteiger partial charge >= 0.3 is 0 Å². The molecule has 0 aromatic carbocycles. The summed E-state index contributed by atoms with van der Waals surface area (Å²) in [4.78, 5) is 10.0. The molecule has 0 spiro atoms. The Bertz CT molecular complexity index is 324. The lowest BCUT2D eigenvalue weighted by molar-refractivity contribution is 0.837. The van der Waals surface area contributed by atoms with Gasteiger partial charge in [0.2, 0.25) is 0 Å². The standard InChI is InChI=1S/C8H7N3/c1-7-5-8-9-3-2-4-11(8)6-10-7/h3-6H,1H3. The fraction of sp³-hybridized carbons (Fsp3) is 0.125. The summed E-state index contributed by atoms with van der Waals surface area (Å²) in [6.45, 7) is 1.94. The quantitative estimate of drug-likeness (QED) is 0.472. The average molecular weight is 145 g/mol. The zero-order chi connectivity index (χ0) is 7.68. The van der Waals surface area contributed by atoms with Crippen molar-refractivity contribution in [1.29, 1.82) is 0 Å². The normalized spacial score (nSPS) is 19.5. The molecule has 0 saturated carbocycles. The number of nitrogens with zero attached hydrogens (tertiary/aromatic N) is 3. The van der Waals surface area contributed by atoms with Crippen LogP contribution in [-0.2, 0) is 0 Å². The van der Waals surface area contributed by atoms with E-state index in [0.717, 1.165) is 11.5 Å². The molecule has 2 heterocycles. The van der Waals surface area contributed by atoms with E-state index in [1.165, 1.54) is 0 Å². The lowest BCUT2D eigenvalue weighted by Crippen LogP contribution is -2.25. The van der Waals surface area contributed by atoms with Gasteiger partial charge < -0.3 is 0 Å². The third kappa shape index (κ3) is 1.02. The molecule has 0 aromatic rings. The van der Waals surface area contributed by atoms with Gasteiger partial charge in [0.15, 0.2) is 0 Å². The van der Waals surface area contributed by atoms with Crippen molar-refractivity contribution in [3.8, 4) is 0 Å². The van der Waals surface area contributed by atoms with Gasteiger partial charge in [0, 0.05) is 11.8 Å². The molecule has 2 aliphatic heterocycles. The summed E-state index contributed by atoms with van der Waals surface area (Å²) in [5, 5.41) is 0. The van der Waals surface area contributed by atoms with Gasteiger partial charge in [-0.3, -0.25) is 4.90 Å². The van der Waals surface area contributed by atoms with Crippen LogP contribution in [0, 0.1) is 0 Å². The second-order valence-electron chi connectivity index (χ2n) is 2.35. The molecule has 0 radical (unpaired) electrons. The molecule has 0 bridgehead atoms. The van der Waals surface area contributed by atoms with Crippen LogP contribution in [0.15, 0.2) is 39.9 Å². The lowest BCUT2D eigenvalue weighted by Gasteiger charge is -2.18. The minimum atomic E-state index is 0.899. The summed E-state index contributed by atoms with van der Waals surface area (Å²) >= 11 is 0. The first-order chi connectivity index (χ1) is 5.36. The van der Waals surface area contributed by atoms with Crippen LogP contribution in [0.5, 0.6) is 0 Å². The molecule has 0 N–H and O–H groups in total. The van der Waals surface area contributed by atoms with Crippen molar-refractivity contribution >= 4 is 12.2 Å². The Morgan fingerprint density at radius 1 is 1.55 bits per heavy atom. The van der Waals surface area contributed by atoms with E-state index >= 15 is 0 Å². The van der Waals surface area contributed by atoms with Crippen molar-refractivity contribution < 1.29 is 0 Å². The van der Waals surface area contributed by atoms with Gasteiger partial charge in [0.25, 0.3) is 0 Å². The maximum atomic E-state index is 4.11. The number of aliphatic imine (C=N–C) groups is 2. The van der Waals surface area contributed by atoms with Crippen molar-refractivity contribution in [2.75, 3.05) is 0 Å². The summed E-state index contributed by atoms with van der Waals surface area (Å²) < 4.78 is 0. The molecule has 2 aliphatic rings. The number of rotatable bonds is 0. The zero-order valence-electron chi connectivity index (χ0n) is 6.15. The number of allylic oxidation sites excluding steroid dienone is 1. The molecule has 0 amide bonds. The first kappa shape index (κ1) is 6.13. The van der Waals surface area contributed by atoms with Crippen molar-refractivity contribution in [1.82, 2.24) is 4.90 Å². The molecular weight excluding hydrogens is 138 g/mol. The van der Waals surface area contributed by atoms with E-state index in [2.05, 4.69) is 15.7 Å². The monoisotopic (exact) mass is 145 g/mol. The van der Waals surface area contributed by atoms with Gasteiger partial charge in [-0.15, -0.1) is 0 Å². The van der Waals surface area contributed by atoms with Crippen LogP contribution in [0.3, 0.4) is 0 Å². The van der Waals surface area contributed by atoms with Crippen LogP contribution in [0.4, 0.5) is 0 Å². The highest BCUT2D eigenvalue weighted by Gasteiger charge is 2.08. The molecule has 0 unspecified atom stereocenters. The minimum Gasteiger partial charge on any atom is -0.285 e. The average Bonchev–Trinajstić information content (AvgIpc) is 2.04. The molecule has 3 nitrogen and oxygen atoms in total. The molecule has 54 valence electrons. The second-order valence-corrected chi connectivity index (χ2v) is 2.35. The first-order valence-electron chi connectivity index (χ1n) is 3.36. The van der Waals surface area contributed by atoms with Gasteiger partial charge in [-0.25, -0.2) is 9.98 Å². The molecule has 0 saturated heterocycles. The van der Waals surface area contributed by atoms with E-state index in [4.69, 9.17) is 0 Å². The van der Waals surface area contributed by atoms with Crippen molar-refractivity contribution in [3.05, 3.63) is 29.9 Å². The highest BCUT2D eigenvalue weighted by Crippen LogP contribution is 2.07. The summed E-state index contributed by atoms with van der Waals surface area (Å²) in [5.41, 5.74) is 3.84. The molecule has 0 atom stereocenters. The zero-order valence-corrected chi connectivity index (χ0v) is 6.15. The highest BCUT2D eigenvalue weighted by molar-refractivity contribution is 6.03. The molecule has 11 heavy (non-hydrogen) atoms. The van der Waals surface area contributed by atoms with Crippen molar-refractivity contribution in [3.63, 3.8) is 0 Å². The summed E-state index contributed by atoms with van der Waals surface area (Å²) in [5.74, 6) is 0.899. The van der Waals surface area contributed by atoms with Gasteiger partial charge in [-0.05, 0) is 6.92 Å². The number of fused-ring (bicyclic) bond motifs is 1. The van der Waals surface area contributed by atoms with E-state index in [1.54, 1.807) is 18.7 Å². The van der Waals surface area contributed by atoms with Gasteiger partial charge in [-0.1, -0.05) is 5.73 Å². The fourth-order valence-electron chi connectivity index (χ4n) is 0.932. The van der Waals surface area contributed by atoms with Gasteiger partial charge in [0.1, 0.15) is 12.2 Å². The highest BCUT2D eigenvalue weighted by atomic mass is 15.2. The lowest BCUT2D eigenvalue weighted by atomic mass is 10.3. The second kappa shape index (κ2) is 2.22. The van der Waals surface area contributed by atoms with Crippen LogP contribution in [0.1, 0.15) is 6.92 Å². The van der Waals surface area contributed by atoms with Crippen LogP contribution in [0.25, 0.3) is 0 Å². The SMILES string of the molecule is CC1=CC2=NC=C=CN2C=N1. The number of amidine groups is 1. The maximum Gasteiger partial charge on any atom is 0.140 e. The summed E-state index contributed by atoms with van der Waals surface area (Å²) in [6.07, 6.45) is 7.10. The Balaban J connectivity index is 2.44.